The highest BCUT2D eigenvalue weighted by Crippen LogP contribution is 2.44. The number of carboxylic acids is 1. The van der Waals surface area contributed by atoms with E-state index < -0.39 is 18.1 Å². The first-order valence-corrected chi connectivity index (χ1v) is 11.0. The maximum atomic E-state index is 12.6. The van der Waals surface area contributed by atoms with Gasteiger partial charge in [-0.1, -0.05) is 78.3 Å². The van der Waals surface area contributed by atoms with E-state index in [-0.39, 0.29) is 18.9 Å². The van der Waals surface area contributed by atoms with Crippen molar-refractivity contribution in [2.45, 2.75) is 18.4 Å². The van der Waals surface area contributed by atoms with Crippen LogP contribution in [0, 0.1) is 0 Å². The maximum absolute atomic E-state index is 12.6. The Labute approximate surface area is 195 Å². The summed E-state index contributed by atoms with van der Waals surface area (Å²) in [7, 11) is 0. The number of carboxylic acid groups (broad SMARTS) is 1. The van der Waals surface area contributed by atoms with Crippen LogP contribution in [-0.4, -0.2) is 34.8 Å². The number of para-hydroxylation sites is 1. The summed E-state index contributed by atoms with van der Waals surface area (Å²) in [6, 6.07) is 22.3. The molecule has 1 aliphatic carbocycles. The first kappa shape index (κ1) is 21.1. The number of amides is 1. The van der Waals surface area contributed by atoms with Crippen molar-refractivity contribution < 1.29 is 19.4 Å². The minimum atomic E-state index is -1.18. The van der Waals surface area contributed by atoms with Gasteiger partial charge in [0.15, 0.2) is 0 Å². The number of alkyl carbamates (subject to hydrolysis) is 1. The summed E-state index contributed by atoms with van der Waals surface area (Å²) in [5.41, 5.74) is 5.87. The molecule has 1 heterocycles. The van der Waals surface area contributed by atoms with E-state index in [2.05, 4.69) is 22.4 Å². The summed E-state index contributed by atoms with van der Waals surface area (Å²) in [5.74, 6) is -1.26. The number of aliphatic carboxylic acids is 1. The van der Waals surface area contributed by atoms with Gasteiger partial charge >= 0.3 is 12.1 Å². The molecule has 3 aromatic carbocycles. The minimum absolute atomic E-state index is 0.0301. The number of halogens is 1. The molecule has 1 atom stereocenters. The largest absolute Gasteiger partial charge is 0.480 e. The molecular weight excluding hydrogens is 440 g/mol. The number of hydrogen-bond donors (Lipinski definition) is 3. The summed E-state index contributed by atoms with van der Waals surface area (Å²) in [4.78, 5) is 27.5. The van der Waals surface area contributed by atoms with Crippen molar-refractivity contribution in [3.63, 3.8) is 0 Å². The molecule has 0 aliphatic heterocycles. The topological polar surface area (TPSA) is 91.4 Å². The SMILES string of the molecule is O=C(NC(Cc1c(Cl)[nH]c2ccccc12)C(=O)O)OCC1c2ccccc2-c2ccccc21. The van der Waals surface area contributed by atoms with Crippen molar-refractivity contribution in [1.29, 1.82) is 0 Å². The highest BCUT2D eigenvalue weighted by Gasteiger charge is 2.30. The maximum Gasteiger partial charge on any atom is 0.407 e. The van der Waals surface area contributed by atoms with Crippen LogP contribution in [0.15, 0.2) is 72.8 Å². The zero-order valence-electron chi connectivity index (χ0n) is 17.5. The van der Waals surface area contributed by atoms with Crippen molar-refractivity contribution in [3.05, 3.63) is 94.6 Å². The second-order valence-electron chi connectivity index (χ2n) is 8.03. The number of carbonyl (C=O) groups is 2. The average molecular weight is 461 g/mol. The van der Waals surface area contributed by atoms with E-state index in [9.17, 15) is 14.7 Å². The smallest absolute Gasteiger partial charge is 0.407 e. The molecule has 0 spiro atoms. The van der Waals surface area contributed by atoms with Crippen LogP contribution >= 0.6 is 11.6 Å². The van der Waals surface area contributed by atoms with Crippen molar-refractivity contribution >= 4 is 34.6 Å². The van der Waals surface area contributed by atoms with Gasteiger partial charge in [-0.05, 0) is 33.9 Å². The first-order chi connectivity index (χ1) is 16.0. The normalized spacial score (nSPS) is 13.4. The lowest BCUT2D eigenvalue weighted by atomic mass is 9.98. The Kier molecular flexibility index (Phi) is 5.52. The molecule has 6 nitrogen and oxygen atoms in total. The molecule has 7 heteroatoms. The van der Waals surface area contributed by atoms with E-state index in [4.69, 9.17) is 16.3 Å². The molecule has 1 amide bonds. The highest BCUT2D eigenvalue weighted by molar-refractivity contribution is 6.31. The number of aromatic amines is 1. The van der Waals surface area contributed by atoms with Gasteiger partial charge in [-0.3, -0.25) is 0 Å². The van der Waals surface area contributed by atoms with Crippen molar-refractivity contribution in [2.75, 3.05) is 6.61 Å². The van der Waals surface area contributed by atoms with E-state index in [0.29, 0.717) is 10.7 Å². The third-order valence-corrected chi connectivity index (χ3v) is 6.43. The van der Waals surface area contributed by atoms with Gasteiger partial charge in [-0.25, -0.2) is 9.59 Å². The van der Waals surface area contributed by atoms with Gasteiger partial charge in [0.2, 0.25) is 0 Å². The lowest BCUT2D eigenvalue weighted by Gasteiger charge is -2.17. The second kappa shape index (κ2) is 8.64. The Balaban J connectivity index is 1.30. The number of fused-ring (bicyclic) bond motifs is 4. The van der Waals surface area contributed by atoms with Crippen LogP contribution in [0.3, 0.4) is 0 Å². The number of ether oxygens (including phenoxy) is 1. The number of nitrogens with one attached hydrogen (secondary N) is 2. The number of H-pyrrole nitrogens is 1. The molecule has 0 saturated heterocycles. The van der Waals surface area contributed by atoms with Crippen LogP contribution in [-0.2, 0) is 16.0 Å². The molecule has 4 aromatic rings. The molecule has 3 N–H and O–H groups in total. The van der Waals surface area contributed by atoms with E-state index in [1.165, 1.54) is 0 Å². The predicted octanol–water partition coefficient (Wildman–Crippen LogP) is 5.36. The van der Waals surface area contributed by atoms with E-state index in [1.54, 1.807) is 0 Å². The quantitative estimate of drug-likeness (QED) is 0.361. The summed E-state index contributed by atoms with van der Waals surface area (Å²) in [6.45, 7) is 0.111. The standard InChI is InChI=1S/C26H21ClN2O4/c27-24-20(19-11-5-6-12-22(19)28-24)13-23(25(30)31)29-26(32)33-14-21-17-9-3-1-7-15(17)16-8-2-4-10-18(16)21/h1-12,21,23,28H,13-14H2,(H,29,32)(H,30,31). The Morgan fingerprint density at radius 3 is 2.24 bits per heavy atom. The molecule has 0 saturated carbocycles. The second-order valence-corrected chi connectivity index (χ2v) is 8.41. The fourth-order valence-corrected chi connectivity index (χ4v) is 4.83. The number of benzene rings is 3. The Hall–Kier alpha value is -3.77. The minimum Gasteiger partial charge on any atom is -0.480 e. The fraction of sp³-hybridized carbons (Fsp3) is 0.154. The number of hydrogen-bond acceptors (Lipinski definition) is 3. The predicted molar refractivity (Wildman–Crippen MR) is 127 cm³/mol. The van der Waals surface area contributed by atoms with Crippen LogP contribution in [0.4, 0.5) is 4.79 Å². The third kappa shape index (κ3) is 3.94. The number of rotatable bonds is 6. The lowest BCUT2D eigenvalue weighted by molar-refractivity contribution is -0.139. The van der Waals surface area contributed by atoms with Crippen LogP contribution < -0.4 is 5.32 Å². The Morgan fingerprint density at radius 1 is 0.970 bits per heavy atom. The summed E-state index contributed by atoms with van der Waals surface area (Å²) >= 11 is 6.30. The molecule has 0 bridgehead atoms. The summed E-state index contributed by atoms with van der Waals surface area (Å²) in [5, 5.41) is 13.4. The van der Waals surface area contributed by atoms with Gasteiger partial charge < -0.3 is 20.1 Å². The molecule has 1 unspecified atom stereocenters. The molecule has 33 heavy (non-hydrogen) atoms. The molecule has 1 aromatic heterocycles. The summed E-state index contributed by atoms with van der Waals surface area (Å²) < 4.78 is 5.50. The molecular formula is C26H21ClN2O4. The number of carbonyl (C=O) groups excluding carboxylic acids is 1. The van der Waals surface area contributed by atoms with Gasteiger partial charge in [0.05, 0.1) is 0 Å². The van der Waals surface area contributed by atoms with Gasteiger partial charge in [0.25, 0.3) is 0 Å². The molecule has 166 valence electrons. The van der Waals surface area contributed by atoms with Crippen LogP contribution in [0.5, 0.6) is 0 Å². The monoisotopic (exact) mass is 460 g/mol. The zero-order chi connectivity index (χ0) is 22.9. The number of aromatic nitrogens is 1. The summed E-state index contributed by atoms with van der Waals surface area (Å²) in [6.07, 6.45) is -0.747. The Morgan fingerprint density at radius 2 is 1.58 bits per heavy atom. The third-order valence-electron chi connectivity index (χ3n) is 6.10. The van der Waals surface area contributed by atoms with E-state index in [1.807, 2.05) is 60.7 Å². The van der Waals surface area contributed by atoms with Crippen molar-refractivity contribution in [3.8, 4) is 11.1 Å². The van der Waals surface area contributed by atoms with Gasteiger partial charge in [0, 0.05) is 23.2 Å². The van der Waals surface area contributed by atoms with E-state index in [0.717, 1.165) is 33.2 Å². The van der Waals surface area contributed by atoms with Crippen LogP contribution in [0.2, 0.25) is 5.15 Å². The van der Waals surface area contributed by atoms with Crippen molar-refractivity contribution in [1.82, 2.24) is 10.3 Å². The highest BCUT2D eigenvalue weighted by atomic mass is 35.5. The van der Waals surface area contributed by atoms with Gasteiger partial charge in [-0.2, -0.15) is 0 Å². The fourth-order valence-electron chi connectivity index (χ4n) is 4.55. The van der Waals surface area contributed by atoms with Crippen molar-refractivity contribution in [2.24, 2.45) is 0 Å². The van der Waals surface area contributed by atoms with Crippen LogP contribution in [0.1, 0.15) is 22.6 Å². The average Bonchev–Trinajstić information content (AvgIpc) is 3.31. The molecule has 1 aliphatic rings. The zero-order valence-corrected chi connectivity index (χ0v) is 18.3. The first-order valence-electron chi connectivity index (χ1n) is 10.6. The molecule has 0 radical (unpaired) electrons. The van der Waals surface area contributed by atoms with Gasteiger partial charge in [-0.15, -0.1) is 0 Å². The lowest BCUT2D eigenvalue weighted by Crippen LogP contribution is -2.43. The van der Waals surface area contributed by atoms with Gasteiger partial charge in [0.1, 0.15) is 17.8 Å². The molecule has 0 fully saturated rings. The van der Waals surface area contributed by atoms with Crippen LogP contribution in [0.25, 0.3) is 22.0 Å². The van der Waals surface area contributed by atoms with E-state index >= 15 is 0 Å². The molecule has 5 rings (SSSR count). The Bertz CT molecular complexity index is 1320.